The van der Waals surface area contributed by atoms with Gasteiger partial charge in [0.05, 0.1) is 6.33 Å². The Kier molecular flexibility index (Phi) is 4.72. The summed E-state index contributed by atoms with van der Waals surface area (Å²) in [6, 6.07) is 0. The summed E-state index contributed by atoms with van der Waals surface area (Å²) in [6.07, 6.45) is 5.30. The molecule has 0 N–H and O–H groups in total. The lowest BCUT2D eigenvalue weighted by Crippen LogP contribution is -2.39. The summed E-state index contributed by atoms with van der Waals surface area (Å²) in [5.74, 6) is 0. The third-order valence-corrected chi connectivity index (χ3v) is 3.65. The Morgan fingerprint density at radius 1 is 1.24 bits per heavy atom. The van der Waals surface area contributed by atoms with Gasteiger partial charge in [-0.2, -0.15) is 0 Å². The second-order valence-corrected chi connectivity index (χ2v) is 5.02. The molecule has 0 fully saturated rings. The van der Waals surface area contributed by atoms with Crippen LogP contribution in [-0.2, 0) is 24.9 Å². The van der Waals surface area contributed by atoms with E-state index < -0.39 is 0 Å². The molecule has 7 nitrogen and oxygen atoms in total. The maximum absolute atomic E-state index is 12.5. The van der Waals surface area contributed by atoms with Crippen molar-refractivity contribution in [2.45, 2.75) is 45.7 Å². The van der Waals surface area contributed by atoms with Crippen molar-refractivity contribution >= 4 is 17.5 Å². The second kappa shape index (κ2) is 6.51. The number of hydrogen-bond acceptors (Lipinski definition) is 4. The van der Waals surface area contributed by atoms with Crippen LogP contribution in [0.5, 0.6) is 0 Å². The van der Waals surface area contributed by atoms with Gasteiger partial charge in [-0.1, -0.05) is 6.42 Å². The third-order valence-electron chi connectivity index (χ3n) is 3.65. The molecule has 0 amide bonds. The fourth-order valence-electron chi connectivity index (χ4n) is 2.43. The molecule has 0 saturated carbocycles. The van der Waals surface area contributed by atoms with Crippen LogP contribution >= 0.6 is 0 Å². The highest BCUT2D eigenvalue weighted by molar-refractivity contribution is 5.69. The Morgan fingerprint density at radius 2 is 2.00 bits per heavy atom. The number of fused-ring (bicyclic) bond motifs is 1. The number of rotatable bonds is 7. The van der Waals surface area contributed by atoms with Gasteiger partial charge in [-0.05, 0) is 19.8 Å². The van der Waals surface area contributed by atoms with Crippen LogP contribution in [0.1, 0.15) is 32.6 Å². The Balaban J connectivity index is 2.37. The van der Waals surface area contributed by atoms with E-state index in [1.807, 2.05) is 6.92 Å². The van der Waals surface area contributed by atoms with Crippen LogP contribution in [0.15, 0.2) is 15.9 Å². The number of aromatic nitrogens is 4. The molecule has 2 aromatic heterocycles. The van der Waals surface area contributed by atoms with Crippen molar-refractivity contribution in [2.24, 2.45) is 7.05 Å². The van der Waals surface area contributed by atoms with Gasteiger partial charge < -0.3 is 9.36 Å². The number of aryl methyl sites for hydroxylation is 2. The average molecular weight is 292 g/mol. The second-order valence-electron chi connectivity index (χ2n) is 5.02. The lowest BCUT2D eigenvalue weighted by Gasteiger charge is -2.08. The average Bonchev–Trinajstić information content (AvgIpc) is 2.92. The predicted molar refractivity (Wildman–Crippen MR) is 79.4 cm³/mol. The first-order chi connectivity index (χ1) is 10.1. The van der Waals surface area contributed by atoms with E-state index >= 15 is 0 Å². The van der Waals surface area contributed by atoms with Gasteiger partial charge in [-0.3, -0.25) is 13.9 Å². The zero-order chi connectivity index (χ0) is 15.4. The molecule has 0 atom stereocenters. The minimum Gasteiger partial charge on any atom is -0.325 e. The summed E-state index contributed by atoms with van der Waals surface area (Å²) in [6.45, 7) is 2.92. The van der Waals surface area contributed by atoms with Gasteiger partial charge in [0.25, 0.3) is 5.56 Å². The van der Waals surface area contributed by atoms with Gasteiger partial charge in [0.2, 0.25) is 0 Å². The molecule has 0 aliphatic carbocycles. The van der Waals surface area contributed by atoms with Crippen molar-refractivity contribution in [3.8, 4) is 0 Å². The standard InChI is InChI=1S/C14H20N4O3/c1-3-17-10-15-12-11(17)13(20)18(14(21)16(12)2)8-6-4-5-7-9-19/h9-10H,3-8H2,1-2H3. The minimum atomic E-state index is -0.343. The summed E-state index contributed by atoms with van der Waals surface area (Å²) in [5.41, 5.74) is 0.253. The summed E-state index contributed by atoms with van der Waals surface area (Å²) >= 11 is 0. The Hall–Kier alpha value is -2.18. The SMILES string of the molecule is CCn1cnc2c1c(=O)n(CCCCCC=O)c(=O)n2C. The number of aldehydes is 1. The van der Waals surface area contributed by atoms with Crippen molar-refractivity contribution < 1.29 is 4.79 Å². The molecule has 7 heteroatoms. The maximum Gasteiger partial charge on any atom is 0.332 e. The molecule has 21 heavy (non-hydrogen) atoms. The largest absolute Gasteiger partial charge is 0.332 e. The Bertz CT molecular complexity index is 754. The van der Waals surface area contributed by atoms with Crippen molar-refractivity contribution in [3.05, 3.63) is 27.2 Å². The third kappa shape index (κ3) is 2.81. The molecule has 0 unspecified atom stereocenters. The molecule has 114 valence electrons. The molecule has 0 aliphatic rings. The van der Waals surface area contributed by atoms with Crippen LogP contribution in [0, 0.1) is 0 Å². The summed E-state index contributed by atoms with van der Waals surface area (Å²) in [7, 11) is 1.62. The summed E-state index contributed by atoms with van der Waals surface area (Å²) in [5, 5.41) is 0. The highest BCUT2D eigenvalue weighted by Crippen LogP contribution is 2.06. The lowest BCUT2D eigenvalue weighted by molar-refractivity contribution is -0.107. The fourth-order valence-corrected chi connectivity index (χ4v) is 2.43. The molecule has 0 aliphatic heterocycles. The number of imidazole rings is 1. The number of carbonyl (C=O) groups excluding carboxylic acids is 1. The van der Waals surface area contributed by atoms with Crippen LogP contribution in [0.2, 0.25) is 0 Å². The van der Waals surface area contributed by atoms with Crippen LogP contribution in [0.3, 0.4) is 0 Å². The maximum atomic E-state index is 12.5. The van der Waals surface area contributed by atoms with E-state index in [1.165, 1.54) is 9.13 Å². The van der Waals surface area contributed by atoms with Crippen molar-refractivity contribution in [1.82, 2.24) is 18.7 Å². The predicted octanol–water partition coefficient (Wildman–Crippen LogP) is 0.676. The van der Waals surface area contributed by atoms with E-state index in [0.717, 1.165) is 19.1 Å². The van der Waals surface area contributed by atoms with E-state index in [-0.39, 0.29) is 11.2 Å². The lowest BCUT2D eigenvalue weighted by atomic mass is 10.2. The van der Waals surface area contributed by atoms with E-state index in [1.54, 1.807) is 17.9 Å². The molecule has 0 radical (unpaired) electrons. The van der Waals surface area contributed by atoms with E-state index in [0.29, 0.717) is 37.1 Å². The van der Waals surface area contributed by atoms with Crippen molar-refractivity contribution in [3.63, 3.8) is 0 Å². The highest BCUT2D eigenvalue weighted by atomic mass is 16.2. The number of hydrogen-bond donors (Lipinski definition) is 0. The first-order valence-electron chi connectivity index (χ1n) is 7.20. The number of carbonyl (C=O) groups is 1. The van der Waals surface area contributed by atoms with Crippen LogP contribution in [0.4, 0.5) is 0 Å². The highest BCUT2D eigenvalue weighted by Gasteiger charge is 2.15. The number of unbranched alkanes of at least 4 members (excludes halogenated alkanes) is 3. The van der Waals surface area contributed by atoms with Gasteiger partial charge in [0.15, 0.2) is 11.2 Å². The number of nitrogens with zero attached hydrogens (tertiary/aromatic N) is 4. The van der Waals surface area contributed by atoms with Gasteiger partial charge >= 0.3 is 5.69 Å². The first kappa shape index (κ1) is 15.2. The van der Waals surface area contributed by atoms with Gasteiger partial charge in [0.1, 0.15) is 6.29 Å². The smallest absolute Gasteiger partial charge is 0.325 e. The minimum absolute atomic E-state index is 0.289. The van der Waals surface area contributed by atoms with Crippen LogP contribution in [0.25, 0.3) is 11.2 Å². The molecule has 0 bridgehead atoms. The topological polar surface area (TPSA) is 78.9 Å². The summed E-state index contributed by atoms with van der Waals surface area (Å²) < 4.78 is 4.42. The zero-order valence-electron chi connectivity index (χ0n) is 12.4. The monoisotopic (exact) mass is 292 g/mol. The van der Waals surface area contributed by atoms with Crippen molar-refractivity contribution in [1.29, 1.82) is 0 Å². The quantitative estimate of drug-likeness (QED) is 0.555. The molecule has 0 saturated heterocycles. The first-order valence-corrected chi connectivity index (χ1v) is 7.20. The molecular formula is C14H20N4O3. The normalized spacial score (nSPS) is 11.1. The van der Waals surface area contributed by atoms with Crippen molar-refractivity contribution in [2.75, 3.05) is 0 Å². The molecule has 2 aromatic rings. The summed E-state index contributed by atoms with van der Waals surface area (Å²) in [4.78, 5) is 39.1. The zero-order valence-corrected chi connectivity index (χ0v) is 12.4. The van der Waals surface area contributed by atoms with Gasteiger partial charge in [-0.25, -0.2) is 9.78 Å². The molecular weight excluding hydrogens is 272 g/mol. The van der Waals surface area contributed by atoms with E-state index in [2.05, 4.69) is 4.98 Å². The van der Waals surface area contributed by atoms with E-state index in [9.17, 15) is 14.4 Å². The molecule has 0 spiro atoms. The molecule has 2 heterocycles. The van der Waals surface area contributed by atoms with Crippen LogP contribution in [-0.4, -0.2) is 25.0 Å². The van der Waals surface area contributed by atoms with Gasteiger partial charge in [0, 0.05) is 26.6 Å². The Labute approximate surface area is 121 Å². The fraction of sp³-hybridized carbons (Fsp3) is 0.571. The molecule has 0 aromatic carbocycles. The Morgan fingerprint density at radius 3 is 2.67 bits per heavy atom. The van der Waals surface area contributed by atoms with E-state index in [4.69, 9.17) is 0 Å². The van der Waals surface area contributed by atoms with Crippen LogP contribution < -0.4 is 11.2 Å². The molecule has 2 rings (SSSR count). The van der Waals surface area contributed by atoms with Gasteiger partial charge in [-0.15, -0.1) is 0 Å².